The van der Waals surface area contributed by atoms with Crippen molar-refractivity contribution >= 4 is 33.0 Å². The minimum absolute atomic E-state index is 0.0407. The number of hydrogen-bond acceptors (Lipinski definition) is 5. The molecule has 1 aromatic carbocycles. The first-order valence-electron chi connectivity index (χ1n) is 8.88. The van der Waals surface area contributed by atoms with Crippen LogP contribution in [0.3, 0.4) is 0 Å². The lowest BCUT2D eigenvalue weighted by Gasteiger charge is -2.25. The largest absolute Gasteiger partial charge is 0.573 e. The molecule has 1 aliphatic rings. The molecule has 29 heavy (non-hydrogen) atoms. The van der Waals surface area contributed by atoms with Crippen LogP contribution in [0.5, 0.6) is 5.75 Å². The Kier molecular flexibility index (Phi) is 6.49. The number of hydrogen-bond donors (Lipinski definition) is 1. The lowest BCUT2D eigenvalue weighted by atomic mass is 10.2. The van der Waals surface area contributed by atoms with Crippen molar-refractivity contribution in [2.75, 3.05) is 18.4 Å². The second-order valence-electron chi connectivity index (χ2n) is 6.48. The van der Waals surface area contributed by atoms with E-state index in [1.54, 1.807) is 6.07 Å². The number of amides is 1. The van der Waals surface area contributed by atoms with Gasteiger partial charge in [0, 0.05) is 23.7 Å². The fraction of sp³-hybridized carbons (Fsp3) is 0.389. The number of halogens is 3. The Balaban J connectivity index is 1.59. The Morgan fingerprint density at radius 2 is 1.72 bits per heavy atom. The normalized spacial score (nSPS) is 15.8. The Morgan fingerprint density at radius 3 is 2.34 bits per heavy atom. The first kappa shape index (κ1) is 21.6. The smallest absolute Gasteiger partial charge is 0.406 e. The second-order valence-corrected chi connectivity index (χ2v) is 9.82. The minimum atomic E-state index is -4.78. The van der Waals surface area contributed by atoms with Crippen molar-refractivity contribution in [1.82, 2.24) is 4.31 Å². The summed E-state index contributed by atoms with van der Waals surface area (Å²) in [6, 6.07) is 7.87. The van der Waals surface area contributed by atoms with E-state index in [1.165, 1.54) is 22.5 Å². The molecule has 1 saturated heterocycles. The number of anilines is 1. The molecule has 1 N–H and O–H groups in total. The number of nitrogens with one attached hydrogen (secondary N) is 1. The summed E-state index contributed by atoms with van der Waals surface area (Å²) in [6.45, 7) is 1.01. The molecule has 1 fully saturated rings. The third-order valence-electron chi connectivity index (χ3n) is 4.25. The van der Waals surface area contributed by atoms with Gasteiger partial charge in [0.2, 0.25) is 5.91 Å². The van der Waals surface area contributed by atoms with E-state index in [1.807, 2.05) is 0 Å². The Hall–Kier alpha value is -2.11. The predicted molar refractivity (Wildman–Crippen MR) is 102 cm³/mol. The number of carbonyl (C=O) groups excluding carboxylic acids is 1. The third kappa shape index (κ3) is 5.94. The molecule has 0 saturated carbocycles. The van der Waals surface area contributed by atoms with E-state index in [0.717, 1.165) is 42.7 Å². The summed E-state index contributed by atoms with van der Waals surface area (Å²) in [7, 11) is -3.54. The highest BCUT2D eigenvalue weighted by atomic mass is 32.2. The fourth-order valence-electron chi connectivity index (χ4n) is 2.93. The van der Waals surface area contributed by atoms with Gasteiger partial charge in [-0.3, -0.25) is 4.79 Å². The summed E-state index contributed by atoms with van der Waals surface area (Å²) >= 11 is 1.05. The fourth-order valence-corrected chi connectivity index (χ4v) is 5.95. The molecule has 0 atom stereocenters. The molecule has 1 amide bonds. The van der Waals surface area contributed by atoms with Crippen LogP contribution in [0.2, 0.25) is 0 Å². The van der Waals surface area contributed by atoms with Crippen molar-refractivity contribution in [3.63, 3.8) is 0 Å². The number of benzene rings is 1. The van der Waals surface area contributed by atoms with Gasteiger partial charge in [-0.25, -0.2) is 8.42 Å². The number of carbonyl (C=O) groups is 1. The van der Waals surface area contributed by atoms with Crippen LogP contribution in [0.15, 0.2) is 40.6 Å². The summed E-state index contributed by atoms with van der Waals surface area (Å²) < 4.78 is 67.2. The van der Waals surface area contributed by atoms with Gasteiger partial charge in [0.05, 0.1) is 6.42 Å². The van der Waals surface area contributed by atoms with Crippen molar-refractivity contribution in [3.8, 4) is 5.75 Å². The summed E-state index contributed by atoms with van der Waals surface area (Å²) in [4.78, 5) is 12.8. The molecule has 0 radical (unpaired) electrons. The number of thiophene rings is 1. The molecule has 158 valence electrons. The maximum absolute atomic E-state index is 12.7. The average Bonchev–Trinajstić information content (AvgIpc) is 3.12. The van der Waals surface area contributed by atoms with Crippen LogP contribution in [-0.4, -0.2) is 38.1 Å². The van der Waals surface area contributed by atoms with Crippen molar-refractivity contribution in [2.24, 2.45) is 0 Å². The van der Waals surface area contributed by atoms with Crippen molar-refractivity contribution in [3.05, 3.63) is 41.3 Å². The van der Waals surface area contributed by atoms with E-state index in [2.05, 4.69) is 10.1 Å². The summed E-state index contributed by atoms with van der Waals surface area (Å²) in [5, 5.41) is 2.56. The lowest BCUT2D eigenvalue weighted by molar-refractivity contribution is -0.274. The summed E-state index contributed by atoms with van der Waals surface area (Å²) in [5.41, 5.74) is 0.308. The quantitative estimate of drug-likeness (QED) is 0.725. The Morgan fingerprint density at radius 1 is 1.07 bits per heavy atom. The second kappa shape index (κ2) is 8.72. The topological polar surface area (TPSA) is 75.7 Å². The molecule has 3 rings (SSSR count). The van der Waals surface area contributed by atoms with Crippen molar-refractivity contribution in [1.29, 1.82) is 0 Å². The highest BCUT2D eigenvalue weighted by Crippen LogP contribution is 2.28. The molecular formula is C18H19F3N2O4S2. The third-order valence-corrected chi connectivity index (χ3v) is 7.70. The molecule has 0 spiro atoms. The number of nitrogens with zero attached hydrogens (tertiary/aromatic N) is 1. The standard InChI is InChI=1S/C18H19F3N2O4S2/c19-18(20,21)27-14-6-4-13(5-7-14)22-16(24)12-15-8-9-17(28-15)29(25,26)23-10-2-1-3-11-23/h4-9H,1-3,10-12H2,(H,22,24). The van der Waals surface area contributed by atoms with E-state index in [-0.39, 0.29) is 16.4 Å². The Labute approximate surface area is 170 Å². The van der Waals surface area contributed by atoms with E-state index in [0.29, 0.717) is 23.7 Å². The van der Waals surface area contributed by atoms with E-state index in [9.17, 15) is 26.4 Å². The van der Waals surface area contributed by atoms with Gasteiger partial charge in [0.25, 0.3) is 10.0 Å². The van der Waals surface area contributed by atoms with Gasteiger partial charge < -0.3 is 10.1 Å². The number of alkyl halides is 3. The molecule has 0 unspecified atom stereocenters. The zero-order valence-electron chi connectivity index (χ0n) is 15.2. The first-order valence-corrected chi connectivity index (χ1v) is 11.1. The average molecular weight is 448 g/mol. The van der Waals surface area contributed by atoms with Crippen LogP contribution in [0, 0.1) is 0 Å². The molecule has 2 aromatic rings. The lowest BCUT2D eigenvalue weighted by Crippen LogP contribution is -2.35. The number of ether oxygens (including phenoxy) is 1. The molecule has 0 aliphatic carbocycles. The first-order chi connectivity index (χ1) is 13.6. The van der Waals surface area contributed by atoms with E-state index < -0.39 is 22.3 Å². The molecular weight excluding hydrogens is 429 g/mol. The van der Waals surface area contributed by atoms with E-state index >= 15 is 0 Å². The molecule has 6 nitrogen and oxygen atoms in total. The zero-order chi connectivity index (χ0) is 21.1. The van der Waals surface area contributed by atoms with Crippen LogP contribution < -0.4 is 10.1 Å². The molecule has 2 heterocycles. The summed E-state index contributed by atoms with van der Waals surface area (Å²) in [6.07, 6.45) is -2.12. The van der Waals surface area contributed by atoms with Gasteiger partial charge in [-0.15, -0.1) is 24.5 Å². The summed E-state index contributed by atoms with van der Waals surface area (Å²) in [5.74, 6) is -0.792. The van der Waals surface area contributed by atoms with Gasteiger partial charge in [-0.1, -0.05) is 6.42 Å². The van der Waals surface area contributed by atoms with Crippen LogP contribution >= 0.6 is 11.3 Å². The predicted octanol–water partition coefficient (Wildman–Crippen LogP) is 4.00. The molecule has 0 bridgehead atoms. The number of sulfonamides is 1. The monoisotopic (exact) mass is 448 g/mol. The van der Waals surface area contributed by atoms with E-state index in [4.69, 9.17) is 0 Å². The number of piperidine rings is 1. The Bertz CT molecular complexity index is 950. The van der Waals surface area contributed by atoms with Gasteiger partial charge >= 0.3 is 6.36 Å². The molecule has 11 heteroatoms. The van der Waals surface area contributed by atoms with Crippen LogP contribution in [-0.2, 0) is 21.2 Å². The molecule has 1 aliphatic heterocycles. The van der Waals surface area contributed by atoms with Gasteiger partial charge in [0.1, 0.15) is 9.96 Å². The van der Waals surface area contributed by atoms with Crippen molar-refractivity contribution in [2.45, 2.75) is 36.3 Å². The maximum atomic E-state index is 12.7. The minimum Gasteiger partial charge on any atom is -0.406 e. The van der Waals surface area contributed by atoms with Crippen LogP contribution in [0.25, 0.3) is 0 Å². The van der Waals surface area contributed by atoms with Crippen molar-refractivity contribution < 1.29 is 31.1 Å². The van der Waals surface area contributed by atoms with Gasteiger partial charge in [-0.2, -0.15) is 4.31 Å². The zero-order valence-corrected chi connectivity index (χ0v) is 16.9. The van der Waals surface area contributed by atoms with Gasteiger partial charge in [-0.05, 0) is 49.2 Å². The van der Waals surface area contributed by atoms with Crippen LogP contribution in [0.1, 0.15) is 24.1 Å². The van der Waals surface area contributed by atoms with Gasteiger partial charge in [0.15, 0.2) is 0 Å². The molecule has 1 aromatic heterocycles. The highest BCUT2D eigenvalue weighted by Gasteiger charge is 2.31. The number of rotatable bonds is 6. The highest BCUT2D eigenvalue weighted by molar-refractivity contribution is 7.91. The maximum Gasteiger partial charge on any atom is 0.573 e. The SMILES string of the molecule is O=C(Cc1ccc(S(=O)(=O)N2CCCCC2)s1)Nc1ccc(OC(F)(F)F)cc1. The van der Waals surface area contributed by atoms with Crippen LogP contribution in [0.4, 0.5) is 18.9 Å².